The average molecular weight is 336 g/mol. The van der Waals surface area contributed by atoms with E-state index in [0.717, 1.165) is 32.6 Å². The number of rotatable bonds is 7. The summed E-state index contributed by atoms with van der Waals surface area (Å²) in [6.07, 6.45) is 9.16. The van der Waals surface area contributed by atoms with Crippen molar-refractivity contribution < 1.29 is 4.79 Å². The van der Waals surface area contributed by atoms with E-state index in [1.54, 1.807) is 0 Å². The first-order chi connectivity index (χ1) is 12.1. The molecule has 0 aliphatic carbocycles. The van der Waals surface area contributed by atoms with Crippen LogP contribution in [-0.4, -0.2) is 46.5 Å². The quantitative estimate of drug-likeness (QED) is 0.719. The maximum Gasteiger partial charge on any atom is 0.222 e. The van der Waals surface area contributed by atoms with Crippen LogP contribution in [0.15, 0.2) is 40.6 Å². The number of amides is 1. The summed E-state index contributed by atoms with van der Waals surface area (Å²) < 4.78 is 0. The minimum absolute atomic E-state index is 0.223. The van der Waals surface area contributed by atoms with Crippen molar-refractivity contribution in [3.8, 4) is 12.3 Å². The Morgan fingerprint density at radius 3 is 2.56 bits per heavy atom. The molecule has 3 heterocycles. The molecule has 0 aromatic heterocycles. The number of benzene rings is 1. The van der Waals surface area contributed by atoms with E-state index < -0.39 is 0 Å². The van der Waals surface area contributed by atoms with Crippen LogP contribution in [0.25, 0.3) is 0 Å². The van der Waals surface area contributed by atoms with E-state index in [9.17, 15) is 4.79 Å². The maximum atomic E-state index is 12.5. The minimum Gasteiger partial charge on any atom is -0.339 e. The molecule has 5 heteroatoms. The molecule has 130 valence electrons. The fourth-order valence-electron chi connectivity index (χ4n) is 3.97. The molecule has 3 aliphatic heterocycles. The van der Waals surface area contributed by atoms with Gasteiger partial charge in [-0.05, 0) is 12.0 Å². The van der Waals surface area contributed by atoms with Gasteiger partial charge in [-0.25, -0.2) is 0 Å². The number of likely N-dealkylation sites (tertiary alicyclic amines) is 2. The number of hydrogen-bond donors (Lipinski definition) is 0. The Hall–Kier alpha value is -2.19. The van der Waals surface area contributed by atoms with Crippen LogP contribution in [0.1, 0.15) is 37.7 Å². The maximum absolute atomic E-state index is 12.5. The van der Waals surface area contributed by atoms with E-state index in [1.807, 2.05) is 11.0 Å². The van der Waals surface area contributed by atoms with Gasteiger partial charge in [0.15, 0.2) is 5.66 Å². The third kappa shape index (κ3) is 3.19. The summed E-state index contributed by atoms with van der Waals surface area (Å²) >= 11 is 0. The predicted molar refractivity (Wildman–Crippen MR) is 95.7 cm³/mol. The van der Waals surface area contributed by atoms with Crippen LogP contribution in [0, 0.1) is 12.3 Å². The molecule has 25 heavy (non-hydrogen) atoms. The summed E-state index contributed by atoms with van der Waals surface area (Å²) in [7, 11) is 0. The summed E-state index contributed by atoms with van der Waals surface area (Å²) in [5.74, 6) is 2.86. The van der Waals surface area contributed by atoms with Gasteiger partial charge in [-0.3, -0.25) is 9.69 Å². The monoisotopic (exact) mass is 336 g/mol. The van der Waals surface area contributed by atoms with E-state index in [2.05, 4.69) is 45.3 Å². The highest BCUT2D eigenvalue weighted by molar-refractivity contribution is 5.77. The zero-order chi connectivity index (χ0) is 17.3. The van der Waals surface area contributed by atoms with Crippen molar-refractivity contribution in [2.75, 3.05) is 19.6 Å². The molecule has 0 atom stereocenters. The SMILES string of the molecule is C#CCCC1(CCC(=O)N2CC3(CCN3Cc3ccccc3)C2)N=N1. The molecule has 1 aromatic carbocycles. The molecule has 1 amide bonds. The summed E-state index contributed by atoms with van der Waals surface area (Å²) in [6, 6.07) is 10.6. The highest BCUT2D eigenvalue weighted by atomic mass is 16.2. The zero-order valence-electron chi connectivity index (χ0n) is 14.5. The van der Waals surface area contributed by atoms with Crippen molar-refractivity contribution in [2.24, 2.45) is 10.2 Å². The molecule has 1 spiro atoms. The largest absolute Gasteiger partial charge is 0.339 e. The molecular weight excluding hydrogens is 312 g/mol. The Morgan fingerprint density at radius 2 is 1.96 bits per heavy atom. The Morgan fingerprint density at radius 1 is 1.20 bits per heavy atom. The van der Waals surface area contributed by atoms with Crippen molar-refractivity contribution in [1.29, 1.82) is 0 Å². The molecule has 0 radical (unpaired) electrons. The standard InChI is InChI=1S/C20H24N4O/c1-2-3-10-20(21-22-20)11-9-18(25)23-15-19(16-23)12-13-24(19)14-17-7-5-4-6-8-17/h1,4-8H,3,9-16H2. The first kappa shape index (κ1) is 16.3. The molecule has 3 aliphatic rings. The lowest BCUT2D eigenvalue weighted by Gasteiger charge is -2.62. The molecule has 0 saturated carbocycles. The molecule has 2 saturated heterocycles. The van der Waals surface area contributed by atoms with E-state index in [-0.39, 0.29) is 17.1 Å². The van der Waals surface area contributed by atoms with Gasteiger partial charge in [0.05, 0.1) is 5.54 Å². The van der Waals surface area contributed by atoms with E-state index in [1.165, 1.54) is 12.0 Å². The van der Waals surface area contributed by atoms with Crippen molar-refractivity contribution in [3.63, 3.8) is 0 Å². The van der Waals surface area contributed by atoms with E-state index in [4.69, 9.17) is 6.42 Å². The van der Waals surface area contributed by atoms with Crippen LogP contribution in [0.5, 0.6) is 0 Å². The molecular formula is C20H24N4O. The van der Waals surface area contributed by atoms with Gasteiger partial charge in [0, 0.05) is 51.9 Å². The van der Waals surface area contributed by atoms with Crippen LogP contribution in [0.4, 0.5) is 0 Å². The first-order valence-electron chi connectivity index (χ1n) is 9.09. The Bertz CT molecular complexity index is 709. The van der Waals surface area contributed by atoms with Gasteiger partial charge < -0.3 is 4.90 Å². The van der Waals surface area contributed by atoms with Gasteiger partial charge in [0.1, 0.15) is 0 Å². The van der Waals surface area contributed by atoms with Gasteiger partial charge in [-0.1, -0.05) is 30.3 Å². The fraction of sp³-hybridized carbons (Fsp3) is 0.550. The Labute approximate surface area is 149 Å². The van der Waals surface area contributed by atoms with Crippen molar-refractivity contribution in [1.82, 2.24) is 9.80 Å². The van der Waals surface area contributed by atoms with Crippen LogP contribution in [0.3, 0.4) is 0 Å². The van der Waals surface area contributed by atoms with Crippen LogP contribution in [0.2, 0.25) is 0 Å². The van der Waals surface area contributed by atoms with Gasteiger partial charge in [0.2, 0.25) is 5.91 Å². The van der Waals surface area contributed by atoms with Crippen LogP contribution >= 0.6 is 0 Å². The molecule has 2 fully saturated rings. The van der Waals surface area contributed by atoms with E-state index >= 15 is 0 Å². The number of terminal acetylenes is 1. The molecule has 0 unspecified atom stereocenters. The fourth-order valence-corrected chi connectivity index (χ4v) is 3.97. The Balaban J connectivity index is 1.23. The lowest BCUT2D eigenvalue weighted by atomic mass is 9.77. The average Bonchev–Trinajstić information content (AvgIpc) is 3.35. The second-order valence-electron chi connectivity index (χ2n) is 7.52. The second kappa shape index (κ2) is 6.27. The number of carbonyl (C=O) groups is 1. The van der Waals surface area contributed by atoms with Crippen LogP contribution < -0.4 is 0 Å². The second-order valence-corrected chi connectivity index (χ2v) is 7.52. The lowest BCUT2D eigenvalue weighted by Crippen LogP contribution is -2.77. The lowest BCUT2D eigenvalue weighted by molar-refractivity contribution is -0.162. The topological polar surface area (TPSA) is 48.3 Å². The molecule has 1 aromatic rings. The minimum atomic E-state index is -0.347. The zero-order valence-corrected chi connectivity index (χ0v) is 14.5. The summed E-state index contributed by atoms with van der Waals surface area (Å²) in [5.41, 5.74) is 1.22. The summed E-state index contributed by atoms with van der Waals surface area (Å²) in [5, 5.41) is 8.22. The number of carbonyl (C=O) groups excluding carboxylic acids is 1. The number of hydrogen-bond acceptors (Lipinski definition) is 4. The molecule has 0 bridgehead atoms. The third-order valence-electron chi connectivity index (χ3n) is 5.85. The molecule has 0 N–H and O–H groups in total. The van der Waals surface area contributed by atoms with Gasteiger partial charge in [-0.2, -0.15) is 10.2 Å². The smallest absolute Gasteiger partial charge is 0.222 e. The van der Waals surface area contributed by atoms with Crippen LogP contribution in [-0.2, 0) is 11.3 Å². The van der Waals surface area contributed by atoms with E-state index in [0.29, 0.717) is 19.3 Å². The van der Waals surface area contributed by atoms with Gasteiger partial charge in [-0.15, -0.1) is 12.3 Å². The van der Waals surface area contributed by atoms with Gasteiger partial charge in [0.25, 0.3) is 0 Å². The van der Waals surface area contributed by atoms with Crippen molar-refractivity contribution in [3.05, 3.63) is 35.9 Å². The molecule has 5 nitrogen and oxygen atoms in total. The first-order valence-corrected chi connectivity index (χ1v) is 9.09. The highest BCUT2D eigenvalue weighted by Crippen LogP contribution is 2.42. The summed E-state index contributed by atoms with van der Waals surface area (Å²) in [4.78, 5) is 17.0. The normalized spacial score (nSPS) is 22.1. The van der Waals surface area contributed by atoms with Crippen molar-refractivity contribution >= 4 is 5.91 Å². The predicted octanol–water partition coefficient (Wildman–Crippen LogP) is 2.83. The van der Waals surface area contributed by atoms with Crippen molar-refractivity contribution in [2.45, 2.75) is 49.9 Å². The van der Waals surface area contributed by atoms with Gasteiger partial charge >= 0.3 is 0 Å². The highest BCUT2D eigenvalue weighted by Gasteiger charge is 2.54. The molecule has 4 rings (SSSR count). The summed E-state index contributed by atoms with van der Waals surface area (Å²) in [6.45, 7) is 3.84. The Kier molecular flexibility index (Phi) is 4.09. The number of nitrogens with zero attached hydrogens (tertiary/aromatic N) is 4. The third-order valence-corrected chi connectivity index (χ3v) is 5.85.